The van der Waals surface area contributed by atoms with Gasteiger partial charge < -0.3 is 11.1 Å². The lowest BCUT2D eigenvalue weighted by Crippen LogP contribution is -2.18. The smallest absolute Gasteiger partial charge is 0.221 e. The van der Waals surface area contributed by atoms with Gasteiger partial charge in [0.2, 0.25) is 5.91 Å². The van der Waals surface area contributed by atoms with Crippen LogP contribution < -0.4 is 11.1 Å². The van der Waals surface area contributed by atoms with Crippen molar-refractivity contribution in [2.45, 2.75) is 25.3 Å². The van der Waals surface area contributed by atoms with E-state index in [1.807, 2.05) is 36.4 Å². The Morgan fingerprint density at radius 2 is 1.73 bits per heavy atom. The van der Waals surface area contributed by atoms with E-state index < -0.39 is 0 Å². The molecule has 2 aromatic carbocycles. The molecule has 26 heavy (non-hydrogen) atoms. The summed E-state index contributed by atoms with van der Waals surface area (Å²) in [4.78, 5) is 16.0. The second-order valence-corrected chi connectivity index (χ2v) is 6.90. The minimum Gasteiger partial charge on any atom is -0.325 e. The van der Waals surface area contributed by atoms with E-state index >= 15 is 0 Å². The van der Waals surface area contributed by atoms with Gasteiger partial charge in [-0.3, -0.25) is 9.78 Å². The molecule has 1 fully saturated rings. The monoisotopic (exact) mass is 343 g/mol. The number of pyridine rings is 1. The highest BCUT2D eigenvalue weighted by Crippen LogP contribution is 2.43. The molecule has 0 saturated heterocycles. The van der Waals surface area contributed by atoms with Gasteiger partial charge in [-0.05, 0) is 30.0 Å². The second-order valence-electron chi connectivity index (χ2n) is 6.90. The predicted octanol–water partition coefficient (Wildman–Crippen LogP) is 4.32. The summed E-state index contributed by atoms with van der Waals surface area (Å²) in [6, 6.07) is 20.4. The van der Waals surface area contributed by atoms with E-state index in [0.717, 1.165) is 35.2 Å². The van der Waals surface area contributed by atoms with Gasteiger partial charge in [-0.1, -0.05) is 54.6 Å². The first-order valence-corrected chi connectivity index (χ1v) is 8.78. The highest BCUT2D eigenvalue weighted by atomic mass is 16.1. The van der Waals surface area contributed by atoms with Crippen LogP contribution in [0.4, 0.5) is 5.69 Å². The molecule has 0 atom stereocenters. The fraction of sp³-hybridized carbons (Fsp3) is 0.182. The van der Waals surface area contributed by atoms with Crippen LogP contribution in [0, 0.1) is 0 Å². The Labute approximate surface area is 153 Å². The number of carbonyl (C=O) groups excluding carboxylic acids is 1. The van der Waals surface area contributed by atoms with Crippen LogP contribution in [0.1, 0.15) is 25.3 Å². The van der Waals surface area contributed by atoms with E-state index in [0.29, 0.717) is 5.69 Å². The number of carbonyl (C=O) groups is 1. The van der Waals surface area contributed by atoms with Crippen molar-refractivity contribution < 1.29 is 4.79 Å². The lowest BCUT2D eigenvalue weighted by Gasteiger charge is -2.14. The molecule has 0 bridgehead atoms. The molecule has 0 spiro atoms. The number of hydrogen-bond acceptors (Lipinski definition) is 3. The summed E-state index contributed by atoms with van der Waals surface area (Å²) in [6.07, 6.45) is 3.79. The van der Waals surface area contributed by atoms with Crippen molar-refractivity contribution in [1.29, 1.82) is 0 Å². The van der Waals surface area contributed by atoms with E-state index in [9.17, 15) is 4.79 Å². The van der Waals surface area contributed by atoms with Crippen LogP contribution in [0.5, 0.6) is 0 Å². The number of anilines is 1. The summed E-state index contributed by atoms with van der Waals surface area (Å²) in [5, 5.41) is 2.81. The fourth-order valence-electron chi connectivity index (χ4n) is 3.19. The Balaban J connectivity index is 1.78. The number of benzene rings is 2. The zero-order valence-electron chi connectivity index (χ0n) is 14.7. The molecule has 4 rings (SSSR count). The van der Waals surface area contributed by atoms with Gasteiger partial charge in [-0.15, -0.1) is 0 Å². The van der Waals surface area contributed by atoms with Crippen LogP contribution in [-0.4, -0.2) is 10.9 Å². The highest BCUT2D eigenvalue weighted by molar-refractivity contribution is 5.91. The summed E-state index contributed by atoms with van der Waals surface area (Å²) in [5.74, 6) is -0.111. The quantitative estimate of drug-likeness (QED) is 0.741. The number of nitrogens with two attached hydrogens (primary N) is 1. The molecule has 1 aromatic heterocycles. The molecule has 1 heterocycles. The topological polar surface area (TPSA) is 68.0 Å². The van der Waals surface area contributed by atoms with Gasteiger partial charge in [0.25, 0.3) is 0 Å². The van der Waals surface area contributed by atoms with Gasteiger partial charge >= 0.3 is 0 Å². The summed E-state index contributed by atoms with van der Waals surface area (Å²) in [5.41, 5.74) is 12.0. The maximum Gasteiger partial charge on any atom is 0.221 e. The van der Waals surface area contributed by atoms with E-state index in [2.05, 4.69) is 34.6 Å². The highest BCUT2D eigenvalue weighted by Gasteiger charge is 2.39. The van der Waals surface area contributed by atoms with E-state index in [1.54, 1.807) is 6.20 Å². The van der Waals surface area contributed by atoms with Crippen LogP contribution in [0.2, 0.25) is 0 Å². The Morgan fingerprint density at radius 3 is 2.35 bits per heavy atom. The number of nitrogens with one attached hydrogen (secondary N) is 1. The van der Waals surface area contributed by atoms with Crippen molar-refractivity contribution >= 4 is 11.6 Å². The number of rotatable bonds is 4. The lowest BCUT2D eigenvalue weighted by molar-refractivity contribution is -0.114. The van der Waals surface area contributed by atoms with Gasteiger partial charge in [0.15, 0.2) is 0 Å². The molecular weight excluding hydrogens is 322 g/mol. The minimum absolute atomic E-state index is 0.111. The maximum atomic E-state index is 11.4. The molecule has 130 valence electrons. The molecular formula is C22H21N3O. The van der Waals surface area contributed by atoms with Gasteiger partial charge in [-0.2, -0.15) is 0 Å². The SMILES string of the molecule is CC(=O)Nc1cnc(-c2ccc(C3(N)CC3)cc2)c(-c2ccccc2)c1. The molecule has 1 aliphatic carbocycles. The molecule has 0 radical (unpaired) electrons. The zero-order chi connectivity index (χ0) is 18.1. The third-order valence-electron chi connectivity index (χ3n) is 4.81. The van der Waals surface area contributed by atoms with Crippen molar-refractivity contribution in [2.24, 2.45) is 5.73 Å². The molecule has 0 unspecified atom stereocenters. The van der Waals surface area contributed by atoms with E-state index in [1.165, 1.54) is 12.5 Å². The van der Waals surface area contributed by atoms with Crippen molar-refractivity contribution in [3.05, 3.63) is 72.4 Å². The van der Waals surface area contributed by atoms with Gasteiger partial charge in [0, 0.05) is 23.6 Å². The molecule has 3 N–H and O–H groups in total. The predicted molar refractivity (Wildman–Crippen MR) is 105 cm³/mol. The summed E-state index contributed by atoms with van der Waals surface area (Å²) in [7, 11) is 0. The van der Waals surface area contributed by atoms with Gasteiger partial charge in [0.1, 0.15) is 0 Å². The first kappa shape index (κ1) is 16.5. The third-order valence-corrected chi connectivity index (χ3v) is 4.81. The third kappa shape index (κ3) is 3.24. The standard InChI is InChI=1S/C22H21N3O/c1-15(26)25-19-13-20(16-5-3-2-4-6-16)21(24-14-19)17-7-9-18(10-8-17)22(23)11-12-22/h2-10,13-14H,11-12,23H2,1H3,(H,25,26). The normalized spacial score (nSPS) is 14.7. The molecule has 4 nitrogen and oxygen atoms in total. The van der Waals surface area contributed by atoms with Crippen LogP contribution in [-0.2, 0) is 10.3 Å². The van der Waals surface area contributed by atoms with E-state index in [-0.39, 0.29) is 11.4 Å². The average Bonchev–Trinajstić information content (AvgIpc) is 3.41. The van der Waals surface area contributed by atoms with Crippen molar-refractivity contribution in [2.75, 3.05) is 5.32 Å². The van der Waals surface area contributed by atoms with Gasteiger partial charge in [0.05, 0.1) is 17.6 Å². The van der Waals surface area contributed by atoms with Crippen molar-refractivity contribution in [3.8, 4) is 22.4 Å². The largest absolute Gasteiger partial charge is 0.325 e. The summed E-state index contributed by atoms with van der Waals surface area (Å²) >= 11 is 0. The van der Waals surface area contributed by atoms with Crippen molar-refractivity contribution in [1.82, 2.24) is 4.98 Å². The lowest BCUT2D eigenvalue weighted by atomic mass is 9.97. The van der Waals surface area contributed by atoms with Crippen LogP contribution in [0.15, 0.2) is 66.9 Å². The van der Waals surface area contributed by atoms with E-state index in [4.69, 9.17) is 5.73 Å². The fourth-order valence-corrected chi connectivity index (χ4v) is 3.19. The first-order chi connectivity index (χ1) is 12.5. The summed E-state index contributed by atoms with van der Waals surface area (Å²) < 4.78 is 0. The van der Waals surface area contributed by atoms with Crippen molar-refractivity contribution in [3.63, 3.8) is 0 Å². The van der Waals surface area contributed by atoms with Gasteiger partial charge in [-0.25, -0.2) is 0 Å². The molecule has 1 saturated carbocycles. The molecule has 3 aromatic rings. The number of amides is 1. The first-order valence-electron chi connectivity index (χ1n) is 8.78. The molecule has 4 heteroatoms. The Morgan fingerprint density at radius 1 is 1.04 bits per heavy atom. The second kappa shape index (κ2) is 6.39. The Kier molecular flexibility index (Phi) is 4.05. The van der Waals surface area contributed by atoms with Crippen LogP contribution in [0.3, 0.4) is 0 Å². The average molecular weight is 343 g/mol. The maximum absolute atomic E-state index is 11.4. The zero-order valence-corrected chi connectivity index (χ0v) is 14.7. The minimum atomic E-state index is -0.135. The molecule has 1 aliphatic rings. The molecule has 0 aliphatic heterocycles. The number of nitrogens with zero attached hydrogens (tertiary/aromatic N) is 1. The molecule has 1 amide bonds. The number of aromatic nitrogens is 1. The van der Waals surface area contributed by atoms with Crippen LogP contribution in [0.25, 0.3) is 22.4 Å². The Hall–Kier alpha value is -2.98. The van der Waals surface area contributed by atoms with Crippen LogP contribution >= 0.6 is 0 Å². The number of hydrogen-bond donors (Lipinski definition) is 2. The Bertz CT molecular complexity index is 945. The summed E-state index contributed by atoms with van der Waals surface area (Å²) in [6.45, 7) is 1.50.